The Bertz CT molecular complexity index is 326. The van der Waals surface area contributed by atoms with Crippen molar-refractivity contribution in [1.82, 2.24) is 4.90 Å². The quantitative estimate of drug-likeness (QED) is 0.773. The Morgan fingerprint density at radius 1 is 1.11 bits per heavy atom. The maximum absolute atomic E-state index is 13.0. The van der Waals surface area contributed by atoms with E-state index >= 15 is 0 Å². The second-order valence-electron chi connectivity index (χ2n) is 5.17. The van der Waals surface area contributed by atoms with E-state index in [1.807, 2.05) is 0 Å². The number of nitrogens with two attached hydrogens (primary N) is 1. The zero-order valence-corrected chi connectivity index (χ0v) is 9.84. The number of alkyl halides is 4. The molecule has 18 heavy (non-hydrogen) atoms. The Morgan fingerprint density at radius 3 is 2.00 bits per heavy atom. The maximum Gasteiger partial charge on any atom is 0.329 e. The van der Waals surface area contributed by atoms with Crippen LogP contribution in [0.3, 0.4) is 0 Å². The van der Waals surface area contributed by atoms with Crippen LogP contribution in [0, 0.1) is 5.92 Å². The Labute approximate surface area is 102 Å². The van der Waals surface area contributed by atoms with Crippen LogP contribution in [-0.4, -0.2) is 41.8 Å². The molecule has 1 unspecified atom stereocenters. The van der Waals surface area contributed by atoms with Crippen molar-refractivity contribution < 1.29 is 22.4 Å². The summed E-state index contributed by atoms with van der Waals surface area (Å²) in [4.78, 5) is 12.3. The zero-order chi connectivity index (χ0) is 13.6. The molecular weight excluding hydrogens is 252 g/mol. The first kappa shape index (κ1) is 13.6. The number of carbonyl (C=O) groups is 1. The van der Waals surface area contributed by atoms with Crippen LogP contribution in [0.4, 0.5) is 17.6 Å². The van der Waals surface area contributed by atoms with Gasteiger partial charge in [0.15, 0.2) is 0 Å². The van der Waals surface area contributed by atoms with E-state index in [0.717, 1.165) is 25.7 Å². The number of halogens is 4. The normalized spacial score (nSPS) is 28.6. The lowest BCUT2D eigenvalue weighted by Crippen LogP contribution is -2.47. The van der Waals surface area contributed by atoms with Gasteiger partial charge in [-0.05, 0) is 18.8 Å². The molecule has 0 aromatic rings. The van der Waals surface area contributed by atoms with E-state index in [1.54, 1.807) is 0 Å². The smallest absolute Gasteiger partial charge is 0.329 e. The van der Waals surface area contributed by atoms with Crippen molar-refractivity contribution in [2.24, 2.45) is 11.7 Å². The molecule has 0 spiro atoms. The molecule has 0 aromatic heterocycles. The van der Waals surface area contributed by atoms with Gasteiger partial charge < -0.3 is 10.6 Å². The van der Waals surface area contributed by atoms with E-state index in [2.05, 4.69) is 0 Å². The molecule has 2 aliphatic rings. The monoisotopic (exact) mass is 268 g/mol. The number of rotatable bonds is 2. The molecule has 1 heterocycles. The van der Waals surface area contributed by atoms with Crippen LogP contribution in [0.2, 0.25) is 0 Å². The average Bonchev–Trinajstić information content (AvgIpc) is 2.84. The maximum atomic E-state index is 13.0. The Kier molecular flexibility index (Phi) is 3.29. The molecule has 1 aliphatic heterocycles. The minimum atomic E-state index is -4.15. The van der Waals surface area contributed by atoms with Crippen LogP contribution >= 0.6 is 0 Å². The third kappa shape index (κ3) is 2.20. The van der Waals surface area contributed by atoms with E-state index in [1.165, 1.54) is 0 Å². The largest absolute Gasteiger partial charge is 0.329 e. The van der Waals surface area contributed by atoms with Crippen molar-refractivity contribution in [2.75, 3.05) is 13.1 Å². The standard InChI is InChI=1S/C11H16F4N2O/c12-10(13)5-17(6-11(10,14)15)9(18)8(16)7-3-1-2-4-7/h7-8H,1-6,16H2. The highest BCUT2D eigenvalue weighted by molar-refractivity contribution is 5.82. The summed E-state index contributed by atoms with van der Waals surface area (Å²) >= 11 is 0. The summed E-state index contributed by atoms with van der Waals surface area (Å²) in [6.45, 7) is -2.47. The first-order chi connectivity index (χ1) is 8.24. The summed E-state index contributed by atoms with van der Waals surface area (Å²) in [6.07, 6.45) is 3.40. The molecule has 0 radical (unpaired) electrons. The van der Waals surface area contributed by atoms with Crippen LogP contribution in [-0.2, 0) is 4.79 Å². The number of hydrogen-bond donors (Lipinski definition) is 1. The van der Waals surface area contributed by atoms with Crippen molar-refractivity contribution in [3.05, 3.63) is 0 Å². The van der Waals surface area contributed by atoms with E-state index in [-0.39, 0.29) is 5.92 Å². The number of carbonyl (C=O) groups excluding carboxylic acids is 1. The first-order valence-corrected chi connectivity index (χ1v) is 6.05. The highest BCUT2D eigenvalue weighted by atomic mass is 19.3. The first-order valence-electron chi connectivity index (χ1n) is 6.05. The van der Waals surface area contributed by atoms with Gasteiger partial charge in [0.1, 0.15) is 0 Å². The summed E-state index contributed by atoms with van der Waals surface area (Å²) in [5.74, 6) is -9.16. The van der Waals surface area contributed by atoms with Crippen molar-refractivity contribution in [3.63, 3.8) is 0 Å². The van der Waals surface area contributed by atoms with Gasteiger partial charge in [-0.25, -0.2) is 0 Å². The molecule has 0 bridgehead atoms. The van der Waals surface area contributed by atoms with Gasteiger partial charge in [-0.2, -0.15) is 17.6 Å². The molecular formula is C11H16F4N2O. The van der Waals surface area contributed by atoms with Gasteiger partial charge in [-0.15, -0.1) is 0 Å². The van der Waals surface area contributed by atoms with Gasteiger partial charge in [0.2, 0.25) is 5.91 Å². The minimum absolute atomic E-state index is 0.0691. The summed E-state index contributed by atoms with van der Waals surface area (Å²) in [7, 11) is 0. The number of likely N-dealkylation sites (tertiary alicyclic amines) is 1. The van der Waals surface area contributed by atoms with Crippen LogP contribution in [0.15, 0.2) is 0 Å². The van der Waals surface area contributed by atoms with Crippen LogP contribution in [0.1, 0.15) is 25.7 Å². The lowest BCUT2D eigenvalue weighted by Gasteiger charge is -2.23. The van der Waals surface area contributed by atoms with E-state index in [0.29, 0.717) is 4.90 Å². The number of nitrogens with zero attached hydrogens (tertiary/aromatic N) is 1. The fourth-order valence-corrected chi connectivity index (χ4v) is 2.65. The molecule has 1 saturated carbocycles. The summed E-state index contributed by atoms with van der Waals surface area (Å²) in [6, 6.07) is -0.933. The Hall–Kier alpha value is -0.850. The third-order valence-electron chi connectivity index (χ3n) is 3.82. The molecule has 1 aliphatic carbocycles. The highest BCUT2D eigenvalue weighted by Crippen LogP contribution is 2.41. The molecule has 3 nitrogen and oxygen atoms in total. The van der Waals surface area contributed by atoms with E-state index < -0.39 is 36.9 Å². The molecule has 104 valence electrons. The van der Waals surface area contributed by atoms with Gasteiger partial charge in [0.25, 0.3) is 0 Å². The van der Waals surface area contributed by atoms with Crippen LogP contribution in [0.25, 0.3) is 0 Å². The van der Waals surface area contributed by atoms with Crippen molar-refractivity contribution in [3.8, 4) is 0 Å². The van der Waals surface area contributed by atoms with E-state index in [4.69, 9.17) is 5.73 Å². The van der Waals surface area contributed by atoms with Crippen molar-refractivity contribution >= 4 is 5.91 Å². The third-order valence-corrected chi connectivity index (χ3v) is 3.82. The Balaban J connectivity index is 2.02. The minimum Gasteiger partial charge on any atom is -0.329 e. The second kappa shape index (κ2) is 4.36. The predicted octanol–water partition coefficient (Wildman–Crippen LogP) is 1.62. The molecule has 2 N–H and O–H groups in total. The van der Waals surface area contributed by atoms with E-state index in [9.17, 15) is 22.4 Å². The van der Waals surface area contributed by atoms with Gasteiger partial charge in [0, 0.05) is 0 Å². The van der Waals surface area contributed by atoms with Gasteiger partial charge >= 0.3 is 11.8 Å². The topological polar surface area (TPSA) is 46.3 Å². The van der Waals surface area contributed by atoms with Gasteiger partial charge in [-0.3, -0.25) is 4.79 Å². The molecule has 1 atom stereocenters. The molecule has 2 rings (SSSR count). The summed E-state index contributed by atoms with van der Waals surface area (Å²) in [5, 5.41) is 0. The number of amides is 1. The lowest BCUT2D eigenvalue weighted by atomic mass is 9.98. The van der Waals surface area contributed by atoms with Gasteiger partial charge in [-0.1, -0.05) is 12.8 Å². The fourth-order valence-electron chi connectivity index (χ4n) is 2.65. The highest BCUT2D eigenvalue weighted by Gasteiger charge is 2.64. The molecule has 0 aromatic carbocycles. The molecule has 1 saturated heterocycles. The predicted molar refractivity (Wildman–Crippen MR) is 56.4 cm³/mol. The molecule has 7 heteroatoms. The van der Waals surface area contributed by atoms with Crippen LogP contribution in [0.5, 0.6) is 0 Å². The fraction of sp³-hybridized carbons (Fsp3) is 0.909. The summed E-state index contributed by atoms with van der Waals surface area (Å²) < 4.78 is 52.0. The van der Waals surface area contributed by atoms with Gasteiger partial charge in [0.05, 0.1) is 19.1 Å². The zero-order valence-electron chi connectivity index (χ0n) is 9.84. The summed E-state index contributed by atoms with van der Waals surface area (Å²) in [5.41, 5.74) is 5.70. The SMILES string of the molecule is NC(C(=O)N1CC(F)(F)C(F)(F)C1)C1CCCC1. The van der Waals surface area contributed by atoms with Crippen LogP contribution < -0.4 is 5.73 Å². The molecule has 2 fully saturated rings. The second-order valence-corrected chi connectivity index (χ2v) is 5.17. The van der Waals surface area contributed by atoms with Crippen molar-refractivity contribution in [1.29, 1.82) is 0 Å². The average molecular weight is 268 g/mol. The molecule has 1 amide bonds. The Morgan fingerprint density at radius 2 is 1.56 bits per heavy atom. The lowest BCUT2D eigenvalue weighted by molar-refractivity contribution is -0.172. The van der Waals surface area contributed by atoms with Crippen molar-refractivity contribution in [2.45, 2.75) is 43.6 Å². The number of hydrogen-bond acceptors (Lipinski definition) is 2.